The van der Waals surface area contributed by atoms with Gasteiger partial charge in [0.1, 0.15) is 0 Å². The lowest BCUT2D eigenvalue weighted by atomic mass is 9.96. The molecule has 2 heterocycles. The SMILES string of the molecule is CCCCCC(CCN1CCCN(c2nc3ccccc3[nH]2)CC1)CN(C)C(=O)c1ccccc1. The third-order valence-corrected chi connectivity index (χ3v) is 7.23. The number of nitrogens with zero attached hydrogens (tertiary/aromatic N) is 4. The molecule has 3 aromatic rings. The summed E-state index contributed by atoms with van der Waals surface area (Å²) in [6.07, 6.45) is 7.22. The third kappa shape index (κ3) is 7.07. The average molecular weight is 476 g/mol. The molecular weight excluding hydrogens is 434 g/mol. The first-order valence-electron chi connectivity index (χ1n) is 13.4. The Morgan fingerprint density at radius 3 is 2.60 bits per heavy atom. The van der Waals surface area contributed by atoms with Crippen LogP contribution in [0.1, 0.15) is 55.8 Å². The van der Waals surface area contributed by atoms with Crippen LogP contribution >= 0.6 is 0 Å². The molecule has 0 bridgehead atoms. The zero-order valence-electron chi connectivity index (χ0n) is 21.5. The summed E-state index contributed by atoms with van der Waals surface area (Å²) in [4.78, 5) is 28.1. The molecule has 1 atom stereocenters. The monoisotopic (exact) mass is 475 g/mol. The average Bonchev–Trinajstić information content (AvgIpc) is 3.18. The van der Waals surface area contributed by atoms with Gasteiger partial charge in [-0.2, -0.15) is 0 Å². The van der Waals surface area contributed by atoms with Crippen LogP contribution in [-0.4, -0.2) is 72.0 Å². The lowest BCUT2D eigenvalue weighted by Gasteiger charge is -2.27. The van der Waals surface area contributed by atoms with Crippen molar-refractivity contribution in [1.82, 2.24) is 19.8 Å². The molecule has 1 aromatic heterocycles. The predicted molar refractivity (Wildman–Crippen MR) is 145 cm³/mol. The summed E-state index contributed by atoms with van der Waals surface area (Å²) in [5.41, 5.74) is 2.92. The fourth-order valence-electron chi connectivity index (χ4n) is 5.14. The first-order chi connectivity index (χ1) is 17.1. The number of aromatic nitrogens is 2. The van der Waals surface area contributed by atoms with Gasteiger partial charge >= 0.3 is 0 Å². The topological polar surface area (TPSA) is 55.5 Å². The maximum Gasteiger partial charge on any atom is 0.253 e. The van der Waals surface area contributed by atoms with Crippen LogP contribution in [0.3, 0.4) is 0 Å². The van der Waals surface area contributed by atoms with E-state index < -0.39 is 0 Å². The van der Waals surface area contributed by atoms with E-state index in [1.165, 1.54) is 25.7 Å². The number of amides is 1. The lowest BCUT2D eigenvalue weighted by Crippen LogP contribution is -2.35. The van der Waals surface area contributed by atoms with Gasteiger partial charge in [-0.3, -0.25) is 4.79 Å². The largest absolute Gasteiger partial charge is 0.341 e. The molecule has 2 aromatic carbocycles. The Hall–Kier alpha value is -2.86. The number of rotatable bonds is 11. The van der Waals surface area contributed by atoms with E-state index in [1.807, 2.05) is 48.3 Å². The minimum Gasteiger partial charge on any atom is -0.341 e. The lowest BCUT2D eigenvalue weighted by molar-refractivity contribution is 0.0762. The van der Waals surface area contributed by atoms with Crippen LogP contribution in [0.25, 0.3) is 11.0 Å². The quantitative estimate of drug-likeness (QED) is 0.376. The summed E-state index contributed by atoms with van der Waals surface area (Å²) in [5, 5.41) is 0. The Bertz CT molecular complexity index is 1020. The zero-order valence-corrected chi connectivity index (χ0v) is 21.5. The van der Waals surface area contributed by atoms with Crippen molar-refractivity contribution in [2.45, 2.75) is 45.4 Å². The van der Waals surface area contributed by atoms with Gasteiger partial charge in [-0.1, -0.05) is 56.5 Å². The predicted octanol–water partition coefficient (Wildman–Crippen LogP) is 5.43. The summed E-state index contributed by atoms with van der Waals surface area (Å²) in [7, 11) is 1.96. The standard InChI is InChI=1S/C29H41N5O/c1-3-4-6-12-24(23-32(2)28(35)25-13-7-5-8-14-25)17-20-33-18-11-19-34(22-21-33)29-30-26-15-9-10-16-27(26)31-29/h5,7-10,13-16,24H,3-4,6,11-12,17-23H2,1-2H3,(H,30,31). The molecule has 0 spiro atoms. The highest BCUT2D eigenvalue weighted by Crippen LogP contribution is 2.20. The number of hydrogen-bond donors (Lipinski definition) is 1. The molecule has 1 saturated heterocycles. The molecule has 0 aliphatic carbocycles. The summed E-state index contributed by atoms with van der Waals surface area (Å²) in [6, 6.07) is 17.9. The van der Waals surface area contributed by atoms with Crippen LogP contribution in [0.4, 0.5) is 5.95 Å². The van der Waals surface area contributed by atoms with E-state index in [4.69, 9.17) is 4.98 Å². The van der Waals surface area contributed by atoms with Crippen molar-refractivity contribution < 1.29 is 4.79 Å². The molecule has 1 aliphatic rings. The second kappa shape index (κ2) is 12.7. The number of carbonyl (C=O) groups is 1. The second-order valence-electron chi connectivity index (χ2n) is 9.96. The molecule has 0 saturated carbocycles. The molecule has 1 amide bonds. The van der Waals surface area contributed by atoms with Crippen LogP contribution in [0.2, 0.25) is 0 Å². The number of hydrogen-bond acceptors (Lipinski definition) is 4. The van der Waals surface area contributed by atoms with Gasteiger partial charge in [0.2, 0.25) is 5.95 Å². The smallest absolute Gasteiger partial charge is 0.253 e. The second-order valence-corrected chi connectivity index (χ2v) is 9.96. The van der Waals surface area contributed by atoms with Gasteiger partial charge in [-0.05, 0) is 62.5 Å². The number of para-hydroxylation sites is 2. The van der Waals surface area contributed by atoms with Crippen LogP contribution < -0.4 is 4.90 Å². The van der Waals surface area contributed by atoms with Gasteiger partial charge in [0.15, 0.2) is 0 Å². The van der Waals surface area contributed by atoms with E-state index in [0.717, 1.165) is 74.7 Å². The first kappa shape index (κ1) is 25.2. The summed E-state index contributed by atoms with van der Waals surface area (Å²) < 4.78 is 0. The fraction of sp³-hybridized carbons (Fsp3) is 0.517. The van der Waals surface area contributed by atoms with Crippen molar-refractivity contribution >= 4 is 22.9 Å². The van der Waals surface area contributed by atoms with E-state index in [-0.39, 0.29) is 5.91 Å². The molecule has 6 nitrogen and oxygen atoms in total. The fourth-order valence-corrected chi connectivity index (χ4v) is 5.14. The minimum absolute atomic E-state index is 0.127. The molecule has 4 rings (SSSR count). The van der Waals surface area contributed by atoms with E-state index >= 15 is 0 Å². The number of fused-ring (bicyclic) bond motifs is 1. The molecule has 0 radical (unpaired) electrons. The Kier molecular flexibility index (Phi) is 9.18. The maximum atomic E-state index is 12.9. The van der Waals surface area contributed by atoms with Gasteiger partial charge in [0, 0.05) is 38.8 Å². The zero-order chi connectivity index (χ0) is 24.5. The number of aromatic amines is 1. The number of H-pyrrole nitrogens is 1. The highest BCUT2D eigenvalue weighted by atomic mass is 16.2. The molecule has 1 N–H and O–H groups in total. The molecule has 35 heavy (non-hydrogen) atoms. The van der Waals surface area contributed by atoms with Crippen LogP contribution in [0.15, 0.2) is 54.6 Å². The number of unbranched alkanes of at least 4 members (excludes halogenated alkanes) is 2. The normalized spacial score (nSPS) is 15.8. The summed E-state index contributed by atoms with van der Waals surface area (Å²) in [5.74, 6) is 1.66. The first-order valence-corrected chi connectivity index (χ1v) is 13.4. The van der Waals surface area contributed by atoms with E-state index in [0.29, 0.717) is 5.92 Å². The van der Waals surface area contributed by atoms with Gasteiger partial charge in [-0.15, -0.1) is 0 Å². The molecular formula is C29H41N5O. The van der Waals surface area contributed by atoms with Gasteiger partial charge < -0.3 is 19.7 Å². The van der Waals surface area contributed by atoms with Crippen LogP contribution in [-0.2, 0) is 0 Å². The summed E-state index contributed by atoms with van der Waals surface area (Å²) >= 11 is 0. The van der Waals surface area contributed by atoms with Crippen LogP contribution in [0.5, 0.6) is 0 Å². The van der Waals surface area contributed by atoms with Crippen molar-refractivity contribution in [2.24, 2.45) is 5.92 Å². The molecule has 188 valence electrons. The van der Waals surface area contributed by atoms with E-state index in [1.54, 1.807) is 0 Å². The third-order valence-electron chi connectivity index (χ3n) is 7.23. The molecule has 1 unspecified atom stereocenters. The highest BCUT2D eigenvalue weighted by Gasteiger charge is 2.21. The van der Waals surface area contributed by atoms with Gasteiger partial charge in [-0.25, -0.2) is 4.98 Å². The molecule has 6 heteroatoms. The van der Waals surface area contributed by atoms with Crippen molar-refractivity contribution in [1.29, 1.82) is 0 Å². The summed E-state index contributed by atoms with van der Waals surface area (Å²) in [6.45, 7) is 8.38. The van der Waals surface area contributed by atoms with Crippen LogP contribution in [0, 0.1) is 5.92 Å². The Morgan fingerprint density at radius 2 is 1.80 bits per heavy atom. The number of benzene rings is 2. The van der Waals surface area contributed by atoms with Crippen molar-refractivity contribution in [3.8, 4) is 0 Å². The van der Waals surface area contributed by atoms with E-state index in [2.05, 4.69) is 39.9 Å². The van der Waals surface area contributed by atoms with Crippen molar-refractivity contribution in [2.75, 3.05) is 51.2 Å². The molecule has 1 fully saturated rings. The van der Waals surface area contributed by atoms with Crippen molar-refractivity contribution in [3.63, 3.8) is 0 Å². The van der Waals surface area contributed by atoms with Crippen molar-refractivity contribution in [3.05, 3.63) is 60.2 Å². The van der Waals surface area contributed by atoms with E-state index in [9.17, 15) is 4.79 Å². The Labute approximate surface area is 210 Å². The highest BCUT2D eigenvalue weighted by molar-refractivity contribution is 5.94. The Morgan fingerprint density at radius 1 is 1.00 bits per heavy atom. The maximum absolute atomic E-state index is 12.9. The Balaban J connectivity index is 1.30. The number of imidazole rings is 1. The number of nitrogens with one attached hydrogen (secondary N) is 1. The van der Waals surface area contributed by atoms with Gasteiger partial charge in [0.25, 0.3) is 5.91 Å². The molecule has 1 aliphatic heterocycles. The minimum atomic E-state index is 0.127. The number of carbonyl (C=O) groups excluding carboxylic acids is 1. The number of anilines is 1. The van der Waals surface area contributed by atoms with Gasteiger partial charge in [0.05, 0.1) is 11.0 Å².